The van der Waals surface area contributed by atoms with Crippen molar-refractivity contribution in [2.24, 2.45) is 0 Å². The fourth-order valence-electron chi connectivity index (χ4n) is 1.35. The number of sulfone groups is 1. The normalized spacial score (nSPS) is 11.8. The van der Waals surface area contributed by atoms with Crippen LogP contribution in [0.3, 0.4) is 0 Å². The molecule has 1 N–H and O–H groups in total. The van der Waals surface area contributed by atoms with Crippen molar-refractivity contribution < 1.29 is 8.42 Å². The van der Waals surface area contributed by atoms with Crippen LogP contribution in [0.25, 0.3) is 5.52 Å². The van der Waals surface area contributed by atoms with Crippen LogP contribution < -0.4 is 5.32 Å². The summed E-state index contributed by atoms with van der Waals surface area (Å²) >= 11 is 0. The second-order valence-electron chi connectivity index (χ2n) is 3.49. The second-order valence-corrected chi connectivity index (χ2v) is 5.75. The van der Waals surface area contributed by atoms with Crippen LogP contribution in [0.15, 0.2) is 24.7 Å². The molecule has 0 aliphatic rings. The standard InChI is InChI=1S/C9H12N4O2S/c1-16(14,15)7-5-11-9-8-2-3-12-13(8)6-4-10-9/h2-4,6H,5,7H2,1H3,(H,10,11). The van der Waals surface area contributed by atoms with E-state index in [0.717, 1.165) is 5.52 Å². The van der Waals surface area contributed by atoms with Gasteiger partial charge in [0.15, 0.2) is 5.82 Å². The van der Waals surface area contributed by atoms with E-state index in [1.54, 1.807) is 23.1 Å². The molecule has 0 aromatic carbocycles. The van der Waals surface area contributed by atoms with Crippen molar-refractivity contribution in [2.45, 2.75) is 0 Å². The molecule has 2 heterocycles. The Bertz CT molecular complexity index is 590. The number of anilines is 1. The summed E-state index contributed by atoms with van der Waals surface area (Å²) in [7, 11) is -2.95. The molecule has 6 nitrogen and oxygen atoms in total. The van der Waals surface area contributed by atoms with Crippen molar-refractivity contribution in [1.82, 2.24) is 14.6 Å². The van der Waals surface area contributed by atoms with E-state index in [1.165, 1.54) is 6.26 Å². The maximum absolute atomic E-state index is 11.0. The van der Waals surface area contributed by atoms with Crippen LogP contribution in [-0.2, 0) is 9.84 Å². The first-order chi connectivity index (χ1) is 7.56. The highest BCUT2D eigenvalue weighted by Crippen LogP contribution is 2.11. The van der Waals surface area contributed by atoms with Crippen molar-refractivity contribution >= 4 is 21.2 Å². The van der Waals surface area contributed by atoms with Crippen LogP contribution in [0.4, 0.5) is 5.82 Å². The lowest BCUT2D eigenvalue weighted by Gasteiger charge is -2.05. The molecule has 0 fully saturated rings. The molecular weight excluding hydrogens is 228 g/mol. The number of nitrogens with one attached hydrogen (secondary N) is 1. The van der Waals surface area contributed by atoms with E-state index in [1.807, 2.05) is 6.07 Å². The molecule has 0 amide bonds. The van der Waals surface area contributed by atoms with Gasteiger partial charge in [0.1, 0.15) is 15.4 Å². The highest BCUT2D eigenvalue weighted by Gasteiger charge is 2.04. The Kier molecular flexibility index (Phi) is 2.78. The summed E-state index contributed by atoms with van der Waals surface area (Å²) in [5, 5.41) is 7.03. The number of aromatic nitrogens is 3. The maximum atomic E-state index is 11.0. The second kappa shape index (κ2) is 4.09. The Balaban J connectivity index is 2.12. The molecule has 0 aliphatic heterocycles. The number of hydrogen-bond donors (Lipinski definition) is 1. The van der Waals surface area contributed by atoms with Gasteiger partial charge in [-0.2, -0.15) is 5.10 Å². The molecule has 0 radical (unpaired) electrons. The minimum Gasteiger partial charge on any atom is -0.367 e. The fourth-order valence-corrected chi connectivity index (χ4v) is 1.82. The molecule has 0 bridgehead atoms. The first kappa shape index (κ1) is 10.9. The molecule has 0 saturated heterocycles. The molecular formula is C9H12N4O2S. The zero-order chi connectivity index (χ0) is 11.6. The average molecular weight is 240 g/mol. The SMILES string of the molecule is CS(=O)(=O)CCNc1nccn2nccc12. The van der Waals surface area contributed by atoms with Gasteiger partial charge in [0.2, 0.25) is 0 Å². The zero-order valence-corrected chi connectivity index (χ0v) is 9.61. The lowest BCUT2D eigenvalue weighted by Crippen LogP contribution is -2.15. The molecule has 0 saturated carbocycles. The van der Waals surface area contributed by atoms with Crippen LogP contribution >= 0.6 is 0 Å². The van der Waals surface area contributed by atoms with Crippen LogP contribution in [0.1, 0.15) is 0 Å². The highest BCUT2D eigenvalue weighted by molar-refractivity contribution is 7.90. The summed E-state index contributed by atoms with van der Waals surface area (Å²) in [5.41, 5.74) is 0.830. The van der Waals surface area contributed by atoms with Gasteiger partial charge < -0.3 is 5.32 Å². The first-order valence-electron chi connectivity index (χ1n) is 4.76. The molecule has 2 aromatic rings. The molecule has 2 aromatic heterocycles. The van der Waals surface area contributed by atoms with Crippen LogP contribution in [0.2, 0.25) is 0 Å². The molecule has 86 valence electrons. The summed E-state index contributed by atoms with van der Waals surface area (Å²) in [4.78, 5) is 4.13. The summed E-state index contributed by atoms with van der Waals surface area (Å²) in [5.74, 6) is 0.729. The minimum atomic E-state index is -2.95. The Hall–Kier alpha value is -1.63. The zero-order valence-electron chi connectivity index (χ0n) is 8.79. The summed E-state index contributed by atoms with van der Waals surface area (Å²) in [6, 6.07) is 1.82. The third-order valence-corrected chi connectivity index (χ3v) is 3.04. The van der Waals surface area contributed by atoms with Gasteiger partial charge >= 0.3 is 0 Å². The van der Waals surface area contributed by atoms with Crippen LogP contribution in [-0.4, -0.2) is 41.6 Å². The van der Waals surface area contributed by atoms with Crippen LogP contribution in [0, 0.1) is 0 Å². The molecule has 0 spiro atoms. The van der Waals surface area contributed by atoms with Gasteiger partial charge in [-0.3, -0.25) is 0 Å². The van der Waals surface area contributed by atoms with E-state index >= 15 is 0 Å². The predicted molar refractivity (Wildman–Crippen MR) is 61.2 cm³/mol. The molecule has 0 atom stereocenters. The third-order valence-electron chi connectivity index (χ3n) is 2.09. The van der Waals surface area contributed by atoms with Crippen molar-refractivity contribution in [3.8, 4) is 0 Å². The lowest BCUT2D eigenvalue weighted by atomic mass is 10.4. The number of rotatable bonds is 4. The van der Waals surface area contributed by atoms with E-state index in [4.69, 9.17) is 0 Å². The highest BCUT2D eigenvalue weighted by atomic mass is 32.2. The first-order valence-corrected chi connectivity index (χ1v) is 6.82. The van der Waals surface area contributed by atoms with Gasteiger partial charge in [-0.05, 0) is 6.07 Å². The summed E-state index contributed by atoms with van der Waals surface area (Å²) in [6.07, 6.45) is 6.22. The van der Waals surface area contributed by atoms with Gasteiger partial charge in [0.25, 0.3) is 0 Å². The fraction of sp³-hybridized carbons (Fsp3) is 0.333. The third kappa shape index (κ3) is 2.48. The van der Waals surface area contributed by atoms with Crippen molar-refractivity contribution in [3.63, 3.8) is 0 Å². The molecule has 7 heteroatoms. The summed E-state index contributed by atoms with van der Waals surface area (Å²) in [6.45, 7) is 0.344. The van der Waals surface area contributed by atoms with Crippen molar-refractivity contribution in [1.29, 1.82) is 0 Å². The van der Waals surface area contributed by atoms with E-state index in [9.17, 15) is 8.42 Å². The molecule has 0 aliphatic carbocycles. The van der Waals surface area contributed by atoms with Gasteiger partial charge in [0.05, 0.1) is 11.9 Å². The van der Waals surface area contributed by atoms with Gasteiger partial charge in [-0.25, -0.2) is 17.9 Å². The monoisotopic (exact) mass is 240 g/mol. The molecule has 2 rings (SSSR count). The molecule has 0 unspecified atom stereocenters. The number of nitrogens with zero attached hydrogens (tertiary/aromatic N) is 3. The van der Waals surface area contributed by atoms with Crippen LogP contribution in [0.5, 0.6) is 0 Å². The Labute approximate surface area is 93.2 Å². The Morgan fingerprint density at radius 3 is 3.00 bits per heavy atom. The van der Waals surface area contributed by atoms with E-state index in [-0.39, 0.29) is 5.75 Å². The largest absolute Gasteiger partial charge is 0.367 e. The lowest BCUT2D eigenvalue weighted by molar-refractivity contribution is 0.602. The Morgan fingerprint density at radius 1 is 1.44 bits per heavy atom. The van der Waals surface area contributed by atoms with Crippen molar-refractivity contribution in [2.75, 3.05) is 23.9 Å². The number of hydrogen-bond acceptors (Lipinski definition) is 5. The topological polar surface area (TPSA) is 76.4 Å². The predicted octanol–water partition coefficient (Wildman–Crippen LogP) is 0.186. The van der Waals surface area contributed by atoms with E-state index in [2.05, 4.69) is 15.4 Å². The smallest absolute Gasteiger partial charge is 0.152 e. The van der Waals surface area contributed by atoms with Gasteiger partial charge in [0, 0.05) is 25.2 Å². The Morgan fingerprint density at radius 2 is 2.25 bits per heavy atom. The van der Waals surface area contributed by atoms with Crippen molar-refractivity contribution in [3.05, 3.63) is 24.7 Å². The minimum absolute atomic E-state index is 0.0872. The summed E-state index contributed by atoms with van der Waals surface area (Å²) < 4.78 is 23.6. The maximum Gasteiger partial charge on any atom is 0.152 e. The van der Waals surface area contributed by atoms with E-state index in [0.29, 0.717) is 12.4 Å². The van der Waals surface area contributed by atoms with E-state index < -0.39 is 9.84 Å². The molecule has 16 heavy (non-hydrogen) atoms. The van der Waals surface area contributed by atoms with Gasteiger partial charge in [-0.15, -0.1) is 0 Å². The number of fused-ring (bicyclic) bond motifs is 1. The van der Waals surface area contributed by atoms with Gasteiger partial charge in [-0.1, -0.05) is 0 Å². The average Bonchev–Trinajstić information content (AvgIpc) is 2.64. The quantitative estimate of drug-likeness (QED) is 0.825.